The van der Waals surface area contributed by atoms with Gasteiger partial charge in [0, 0.05) is 16.8 Å². The summed E-state index contributed by atoms with van der Waals surface area (Å²) in [5.74, 6) is 0.874. The lowest BCUT2D eigenvalue weighted by atomic mass is 10.2. The molecule has 1 aromatic heterocycles. The van der Waals surface area contributed by atoms with E-state index in [1.165, 1.54) is 5.56 Å². The van der Waals surface area contributed by atoms with E-state index in [9.17, 15) is 0 Å². The third-order valence-corrected chi connectivity index (χ3v) is 4.05. The van der Waals surface area contributed by atoms with Gasteiger partial charge in [-0.1, -0.05) is 54.2 Å². The van der Waals surface area contributed by atoms with E-state index in [-0.39, 0.29) is 0 Å². The van der Waals surface area contributed by atoms with Crippen molar-refractivity contribution in [1.29, 1.82) is 0 Å². The summed E-state index contributed by atoms with van der Waals surface area (Å²) >= 11 is 12.7. The van der Waals surface area contributed by atoms with Crippen molar-refractivity contribution in [3.63, 3.8) is 0 Å². The Morgan fingerprint density at radius 2 is 2.06 bits per heavy atom. The fourth-order valence-corrected chi connectivity index (χ4v) is 2.57. The van der Waals surface area contributed by atoms with Crippen LogP contribution in [0.2, 0.25) is 5.15 Å². The van der Waals surface area contributed by atoms with Crippen molar-refractivity contribution in [2.24, 2.45) is 0 Å². The molecule has 0 atom stereocenters. The monoisotopic (exact) mass is 268 g/mol. The number of benzene rings is 1. The normalized spacial score (nSPS) is 10.3. The lowest BCUT2D eigenvalue weighted by molar-refractivity contribution is 0.990. The van der Waals surface area contributed by atoms with Crippen LogP contribution in [0.25, 0.3) is 0 Å². The second-order valence-electron chi connectivity index (χ2n) is 3.14. The number of nitrogens with one attached hydrogen (secondary N) is 1. The van der Waals surface area contributed by atoms with Gasteiger partial charge >= 0.3 is 0 Å². The molecule has 0 fully saturated rings. The largest absolute Gasteiger partial charge is 0.283 e. The molecule has 0 radical (unpaired) electrons. The number of H-pyrrole nitrogens is 1. The van der Waals surface area contributed by atoms with Crippen LogP contribution in [-0.2, 0) is 5.75 Å². The summed E-state index contributed by atoms with van der Waals surface area (Å²) in [6, 6.07) is 10.2. The predicted octanol–water partition coefficient (Wildman–Crippen LogP) is 4.08. The Balaban J connectivity index is 2.11. The van der Waals surface area contributed by atoms with Crippen molar-refractivity contribution in [1.82, 2.24) is 10.2 Å². The van der Waals surface area contributed by atoms with E-state index >= 15 is 0 Å². The molecular weight excluding hydrogens is 260 g/mol. The molecule has 0 saturated carbocycles. The summed E-state index contributed by atoms with van der Waals surface area (Å²) in [5.41, 5.74) is 1.26. The third-order valence-electron chi connectivity index (χ3n) is 2.01. The molecule has 0 aliphatic rings. The van der Waals surface area contributed by atoms with Crippen molar-refractivity contribution in [3.8, 4) is 0 Å². The molecule has 82 valence electrons. The molecule has 1 N–H and O–H groups in total. The summed E-state index contributed by atoms with van der Waals surface area (Å²) < 4.78 is 0.612. The highest BCUT2D eigenvalue weighted by atomic mass is 35.5. The van der Waals surface area contributed by atoms with Gasteiger partial charge in [-0.25, -0.2) is 0 Å². The van der Waals surface area contributed by atoms with Gasteiger partial charge in [0.1, 0.15) is 0 Å². The molecule has 0 bridgehead atoms. The number of aromatic amines is 1. The van der Waals surface area contributed by atoms with Crippen LogP contribution < -0.4 is 0 Å². The number of thioether (sulfide) groups is 1. The number of hydrogen-bond acceptors (Lipinski definition) is 3. The van der Waals surface area contributed by atoms with Crippen LogP contribution in [0, 0.1) is 4.51 Å². The number of halogens is 1. The van der Waals surface area contributed by atoms with Gasteiger partial charge in [-0.15, -0.1) is 11.8 Å². The number of aromatic nitrogens is 2. The highest BCUT2D eigenvalue weighted by Gasteiger charge is 2.02. The average Bonchev–Trinajstić information content (AvgIpc) is 2.32. The molecule has 2 aromatic rings. The first-order chi connectivity index (χ1) is 7.77. The van der Waals surface area contributed by atoms with E-state index in [0.29, 0.717) is 9.66 Å². The Morgan fingerprint density at radius 3 is 2.81 bits per heavy atom. The molecule has 5 heteroatoms. The van der Waals surface area contributed by atoms with Gasteiger partial charge in [0.2, 0.25) is 0 Å². The second-order valence-corrected chi connectivity index (χ2v) is 4.93. The molecular formula is C11H9ClN2S2. The first kappa shape index (κ1) is 11.6. The van der Waals surface area contributed by atoms with E-state index in [1.54, 1.807) is 18.0 Å². The SMILES string of the molecule is S=c1c(SCc2ccccc2)c[nH]nc1Cl. The van der Waals surface area contributed by atoms with Crippen molar-refractivity contribution < 1.29 is 0 Å². The van der Waals surface area contributed by atoms with Gasteiger partial charge in [-0.2, -0.15) is 5.10 Å². The molecule has 0 saturated heterocycles. The van der Waals surface area contributed by atoms with E-state index in [0.717, 1.165) is 10.6 Å². The molecule has 0 unspecified atom stereocenters. The van der Waals surface area contributed by atoms with Gasteiger partial charge in [0.05, 0.1) is 4.51 Å². The maximum absolute atomic E-state index is 5.84. The summed E-state index contributed by atoms with van der Waals surface area (Å²) in [7, 11) is 0. The van der Waals surface area contributed by atoms with E-state index in [4.69, 9.17) is 23.8 Å². The van der Waals surface area contributed by atoms with Gasteiger partial charge < -0.3 is 0 Å². The zero-order chi connectivity index (χ0) is 11.4. The fraction of sp³-hybridized carbons (Fsp3) is 0.0909. The van der Waals surface area contributed by atoms with Crippen molar-refractivity contribution in [3.05, 3.63) is 51.8 Å². The van der Waals surface area contributed by atoms with Crippen LogP contribution in [0.5, 0.6) is 0 Å². The average molecular weight is 269 g/mol. The van der Waals surface area contributed by atoms with Crippen LogP contribution in [0.3, 0.4) is 0 Å². The van der Waals surface area contributed by atoms with E-state index in [2.05, 4.69) is 22.3 Å². The maximum atomic E-state index is 5.84. The zero-order valence-corrected chi connectivity index (χ0v) is 10.7. The molecule has 2 nitrogen and oxygen atoms in total. The number of hydrogen-bond donors (Lipinski definition) is 1. The quantitative estimate of drug-likeness (QED) is 0.672. The zero-order valence-electron chi connectivity index (χ0n) is 8.31. The van der Waals surface area contributed by atoms with Crippen molar-refractivity contribution in [2.45, 2.75) is 10.6 Å². The smallest absolute Gasteiger partial charge is 0.168 e. The van der Waals surface area contributed by atoms with Gasteiger partial charge in [0.15, 0.2) is 5.15 Å². The Bertz CT molecular complexity index is 525. The first-order valence-electron chi connectivity index (χ1n) is 4.67. The Labute approximate surface area is 108 Å². The van der Waals surface area contributed by atoms with Gasteiger partial charge in [-0.3, -0.25) is 5.10 Å². The van der Waals surface area contributed by atoms with Crippen LogP contribution in [0.4, 0.5) is 0 Å². The molecule has 0 aliphatic heterocycles. The minimum absolute atomic E-state index is 0.355. The third kappa shape index (κ3) is 2.84. The second kappa shape index (κ2) is 5.48. The van der Waals surface area contributed by atoms with Crippen LogP contribution >= 0.6 is 35.6 Å². The summed E-state index contributed by atoms with van der Waals surface area (Å²) in [4.78, 5) is 0.957. The minimum Gasteiger partial charge on any atom is -0.283 e. The van der Waals surface area contributed by atoms with Gasteiger partial charge in [0.25, 0.3) is 0 Å². The molecule has 1 aromatic carbocycles. The minimum atomic E-state index is 0.355. The predicted molar refractivity (Wildman–Crippen MR) is 70.4 cm³/mol. The standard InChI is InChI=1S/C11H9ClN2S2/c12-11-10(15)9(6-13-14-11)16-7-8-4-2-1-3-5-8/h1-6H,7H2,(H,13,15). The number of nitrogens with zero attached hydrogens (tertiary/aromatic N) is 1. The van der Waals surface area contributed by atoms with Crippen LogP contribution in [-0.4, -0.2) is 10.2 Å². The molecule has 0 amide bonds. The van der Waals surface area contributed by atoms with E-state index < -0.39 is 0 Å². The van der Waals surface area contributed by atoms with Crippen molar-refractivity contribution >= 4 is 35.6 Å². The fourth-order valence-electron chi connectivity index (χ4n) is 1.21. The highest BCUT2D eigenvalue weighted by Crippen LogP contribution is 2.25. The molecule has 16 heavy (non-hydrogen) atoms. The Kier molecular flexibility index (Phi) is 3.98. The first-order valence-corrected chi connectivity index (χ1v) is 6.45. The maximum Gasteiger partial charge on any atom is 0.168 e. The molecule has 0 spiro atoms. The van der Waals surface area contributed by atoms with Crippen LogP contribution in [0.1, 0.15) is 5.56 Å². The molecule has 2 rings (SSSR count). The molecule has 0 aliphatic carbocycles. The lowest BCUT2D eigenvalue weighted by Gasteiger charge is -2.02. The Morgan fingerprint density at radius 1 is 1.31 bits per heavy atom. The number of rotatable bonds is 3. The topological polar surface area (TPSA) is 28.7 Å². The van der Waals surface area contributed by atoms with E-state index in [1.807, 2.05) is 18.2 Å². The summed E-state index contributed by atoms with van der Waals surface area (Å²) in [6.07, 6.45) is 1.78. The molecule has 1 heterocycles. The van der Waals surface area contributed by atoms with Gasteiger partial charge in [-0.05, 0) is 5.56 Å². The summed E-state index contributed by atoms with van der Waals surface area (Å²) in [5, 5.41) is 6.91. The van der Waals surface area contributed by atoms with Crippen molar-refractivity contribution in [2.75, 3.05) is 0 Å². The highest BCUT2D eigenvalue weighted by molar-refractivity contribution is 7.98. The Hall–Kier alpha value is -0.840. The lowest BCUT2D eigenvalue weighted by Crippen LogP contribution is -1.86. The summed E-state index contributed by atoms with van der Waals surface area (Å²) in [6.45, 7) is 0. The van der Waals surface area contributed by atoms with Crippen LogP contribution in [0.15, 0.2) is 41.4 Å².